The SMILES string of the molecule is CCNc1nc(Cc2cccc(C)c2)no1. The number of nitrogens with zero attached hydrogens (tertiary/aromatic N) is 2. The quantitative estimate of drug-likeness (QED) is 0.854. The predicted molar refractivity (Wildman–Crippen MR) is 62.4 cm³/mol. The maximum absolute atomic E-state index is 5.04. The summed E-state index contributed by atoms with van der Waals surface area (Å²) in [5, 5.41) is 6.90. The number of benzene rings is 1. The van der Waals surface area contributed by atoms with Crippen molar-refractivity contribution in [2.45, 2.75) is 20.3 Å². The third-order valence-corrected chi connectivity index (χ3v) is 2.24. The lowest BCUT2D eigenvalue weighted by atomic mass is 10.1. The molecule has 2 rings (SSSR count). The second-order valence-electron chi connectivity index (χ2n) is 3.71. The maximum Gasteiger partial charge on any atom is 0.321 e. The van der Waals surface area contributed by atoms with Crippen molar-refractivity contribution in [3.8, 4) is 0 Å². The largest absolute Gasteiger partial charge is 0.338 e. The molecule has 0 aliphatic heterocycles. The number of rotatable bonds is 4. The molecule has 0 aliphatic carbocycles. The second-order valence-corrected chi connectivity index (χ2v) is 3.71. The van der Waals surface area contributed by atoms with Gasteiger partial charge in [-0.2, -0.15) is 4.98 Å². The van der Waals surface area contributed by atoms with Gasteiger partial charge in [-0.1, -0.05) is 35.0 Å². The average molecular weight is 217 g/mol. The van der Waals surface area contributed by atoms with Crippen molar-refractivity contribution < 1.29 is 4.52 Å². The summed E-state index contributed by atoms with van der Waals surface area (Å²) in [5.74, 6) is 0.710. The van der Waals surface area contributed by atoms with Crippen LogP contribution in [0.4, 0.5) is 6.01 Å². The van der Waals surface area contributed by atoms with Crippen LogP contribution < -0.4 is 5.32 Å². The number of hydrogen-bond acceptors (Lipinski definition) is 4. The van der Waals surface area contributed by atoms with E-state index in [4.69, 9.17) is 4.52 Å². The van der Waals surface area contributed by atoms with Crippen molar-refractivity contribution in [3.05, 3.63) is 41.2 Å². The Bertz CT molecular complexity index is 465. The first-order chi connectivity index (χ1) is 7.78. The van der Waals surface area contributed by atoms with Crippen molar-refractivity contribution in [1.29, 1.82) is 0 Å². The highest BCUT2D eigenvalue weighted by Crippen LogP contribution is 2.10. The van der Waals surface area contributed by atoms with Gasteiger partial charge in [-0.25, -0.2) is 0 Å². The highest BCUT2D eigenvalue weighted by Gasteiger charge is 2.05. The number of aryl methyl sites for hydroxylation is 1. The monoisotopic (exact) mass is 217 g/mol. The van der Waals surface area contributed by atoms with Gasteiger partial charge in [0.1, 0.15) is 0 Å². The normalized spacial score (nSPS) is 10.4. The first-order valence-electron chi connectivity index (χ1n) is 5.40. The summed E-state index contributed by atoms with van der Waals surface area (Å²) in [6.07, 6.45) is 0.705. The predicted octanol–water partition coefficient (Wildman–Crippen LogP) is 2.40. The van der Waals surface area contributed by atoms with E-state index in [9.17, 15) is 0 Å². The van der Waals surface area contributed by atoms with Crippen LogP contribution in [-0.4, -0.2) is 16.7 Å². The highest BCUT2D eigenvalue weighted by molar-refractivity contribution is 5.26. The molecule has 1 N–H and O–H groups in total. The van der Waals surface area contributed by atoms with Crippen LogP contribution in [0.5, 0.6) is 0 Å². The summed E-state index contributed by atoms with van der Waals surface area (Å²) >= 11 is 0. The molecular formula is C12H15N3O. The molecule has 1 aromatic carbocycles. The molecule has 0 saturated heterocycles. The topological polar surface area (TPSA) is 51.0 Å². The van der Waals surface area contributed by atoms with Crippen LogP contribution in [0.25, 0.3) is 0 Å². The van der Waals surface area contributed by atoms with Crippen LogP contribution in [0, 0.1) is 6.92 Å². The van der Waals surface area contributed by atoms with Gasteiger partial charge in [-0.15, -0.1) is 0 Å². The Labute approximate surface area is 94.7 Å². The van der Waals surface area contributed by atoms with E-state index in [1.807, 2.05) is 13.0 Å². The molecule has 0 unspecified atom stereocenters. The van der Waals surface area contributed by atoms with Gasteiger partial charge < -0.3 is 9.84 Å². The first kappa shape index (κ1) is 10.7. The number of hydrogen-bond donors (Lipinski definition) is 1. The summed E-state index contributed by atoms with van der Waals surface area (Å²) in [6, 6.07) is 8.80. The summed E-state index contributed by atoms with van der Waals surface area (Å²) < 4.78 is 5.04. The second kappa shape index (κ2) is 4.79. The van der Waals surface area contributed by atoms with Gasteiger partial charge in [0, 0.05) is 13.0 Å². The fourth-order valence-corrected chi connectivity index (χ4v) is 1.55. The summed E-state index contributed by atoms with van der Waals surface area (Å²) in [4.78, 5) is 4.24. The maximum atomic E-state index is 5.04. The molecule has 4 heteroatoms. The summed E-state index contributed by atoms with van der Waals surface area (Å²) in [7, 11) is 0. The minimum atomic E-state index is 0.491. The molecule has 0 amide bonds. The van der Waals surface area contributed by atoms with E-state index < -0.39 is 0 Å². The van der Waals surface area contributed by atoms with Crippen molar-refractivity contribution >= 4 is 6.01 Å². The van der Waals surface area contributed by atoms with E-state index in [0.717, 1.165) is 6.54 Å². The van der Waals surface area contributed by atoms with Gasteiger partial charge in [0.25, 0.3) is 0 Å². The molecule has 0 atom stereocenters. The summed E-state index contributed by atoms with van der Waals surface area (Å²) in [5.41, 5.74) is 2.44. The number of nitrogens with one attached hydrogen (secondary N) is 1. The van der Waals surface area contributed by atoms with Crippen LogP contribution in [-0.2, 0) is 6.42 Å². The zero-order valence-corrected chi connectivity index (χ0v) is 9.53. The van der Waals surface area contributed by atoms with E-state index in [-0.39, 0.29) is 0 Å². The Morgan fingerprint density at radius 2 is 2.25 bits per heavy atom. The third-order valence-electron chi connectivity index (χ3n) is 2.24. The lowest BCUT2D eigenvalue weighted by Crippen LogP contribution is -1.97. The van der Waals surface area contributed by atoms with E-state index >= 15 is 0 Å². The van der Waals surface area contributed by atoms with Gasteiger partial charge in [0.2, 0.25) is 0 Å². The van der Waals surface area contributed by atoms with Gasteiger partial charge in [0.05, 0.1) is 0 Å². The lowest BCUT2D eigenvalue weighted by molar-refractivity contribution is 0.424. The van der Waals surface area contributed by atoms with Crippen LogP contribution in [0.15, 0.2) is 28.8 Å². The van der Waals surface area contributed by atoms with Crippen molar-refractivity contribution in [1.82, 2.24) is 10.1 Å². The van der Waals surface area contributed by atoms with E-state index in [0.29, 0.717) is 18.3 Å². The molecule has 0 spiro atoms. The number of anilines is 1. The molecule has 0 bridgehead atoms. The smallest absolute Gasteiger partial charge is 0.321 e. The lowest BCUT2D eigenvalue weighted by Gasteiger charge is -1.97. The molecule has 0 radical (unpaired) electrons. The first-order valence-corrected chi connectivity index (χ1v) is 5.40. The molecule has 1 heterocycles. The Morgan fingerprint density at radius 1 is 1.38 bits per heavy atom. The van der Waals surface area contributed by atoms with Gasteiger partial charge >= 0.3 is 6.01 Å². The van der Waals surface area contributed by atoms with Crippen LogP contribution in [0.1, 0.15) is 23.9 Å². The number of aromatic nitrogens is 2. The minimum absolute atomic E-state index is 0.491. The minimum Gasteiger partial charge on any atom is -0.338 e. The highest BCUT2D eigenvalue weighted by atomic mass is 16.5. The van der Waals surface area contributed by atoms with Crippen molar-refractivity contribution in [2.24, 2.45) is 0 Å². The van der Waals surface area contributed by atoms with Crippen molar-refractivity contribution in [2.75, 3.05) is 11.9 Å². The van der Waals surface area contributed by atoms with Gasteiger partial charge in [0.15, 0.2) is 5.82 Å². The molecular weight excluding hydrogens is 202 g/mol. The molecule has 16 heavy (non-hydrogen) atoms. The van der Waals surface area contributed by atoms with Crippen molar-refractivity contribution in [3.63, 3.8) is 0 Å². The molecule has 2 aromatic rings. The molecule has 0 aliphatic rings. The standard InChI is InChI=1S/C12H15N3O/c1-3-13-12-14-11(15-16-12)8-10-6-4-5-9(2)7-10/h4-7H,3,8H2,1-2H3,(H,13,14,15). The molecule has 0 saturated carbocycles. The molecule has 4 nitrogen and oxygen atoms in total. The van der Waals surface area contributed by atoms with E-state index in [2.05, 4.69) is 40.6 Å². The van der Waals surface area contributed by atoms with Crippen LogP contribution in [0.3, 0.4) is 0 Å². The fourth-order valence-electron chi connectivity index (χ4n) is 1.55. The Balaban J connectivity index is 2.08. The van der Waals surface area contributed by atoms with E-state index in [1.54, 1.807) is 0 Å². The Kier molecular flexibility index (Phi) is 3.19. The summed E-state index contributed by atoms with van der Waals surface area (Å²) in [6.45, 7) is 4.85. The van der Waals surface area contributed by atoms with Crippen LogP contribution in [0.2, 0.25) is 0 Å². The zero-order chi connectivity index (χ0) is 11.4. The average Bonchev–Trinajstić information content (AvgIpc) is 2.66. The Morgan fingerprint density at radius 3 is 3.00 bits per heavy atom. The molecule has 84 valence electrons. The third kappa shape index (κ3) is 2.59. The van der Waals surface area contributed by atoms with Gasteiger partial charge in [-0.05, 0) is 19.4 Å². The van der Waals surface area contributed by atoms with E-state index in [1.165, 1.54) is 11.1 Å². The van der Waals surface area contributed by atoms with Crippen LogP contribution >= 0.6 is 0 Å². The molecule has 0 fully saturated rings. The zero-order valence-electron chi connectivity index (χ0n) is 9.53. The fraction of sp³-hybridized carbons (Fsp3) is 0.333. The van der Waals surface area contributed by atoms with Gasteiger partial charge in [-0.3, -0.25) is 0 Å². The molecule has 1 aromatic heterocycles. The Hall–Kier alpha value is -1.84.